The smallest absolute Gasteiger partial charge is 0.339 e. The van der Waals surface area contributed by atoms with Gasteiger partial charge in [0.25, 0.3) is 0 Å². The Morgan fingerprint density at radius 2 is 1.62 bits per heavy atom. The number of aromatic carboxylic acids is 1. The molecule has 104 valence electrons. The summed E-state index contributed by atoms with van der Waals surface area (Å²) in [6, 6.07) is 11.6. The van der Waals surface area contributed by atoms with Gasteiger partial charge in [-0.15, -0.1) is 0 Å². The normalized spacial score (nSPS) is 10.8. The average molecular weight is 279 g/mol. The van der Waals surface area contributed by atoms with Crippen LogP contribution in [-0.2, 0) is 0 Å². The maximum atomic E-state index is 11.2. The number of fused-ring (bicyclic) bond motifs is 1. The lowest BCUT2D eigenvalue weighted by Crippen LogP contribution is -2.08. The van der Waals surface area contributed by atoms with Crippen molar-refractivity contribution in [2.24, 2.45) is 0 Å². The highest BCUT2D eigenvalue weighted by atomic mass is 16.4. The molecule has 0 bridgehead atoms. The number of carbonyl (C=O) groups is 1. The van der Waals surface area contributed by atoms with E-state index >= 15 is 0 Å². The predicted octanol–water partition coefficient (Wildman–Crippen LogP) is 3.01. The van der Waals surface area contributed by atoms with Crippen LogP contribution in [0.1, 0.15) is 21.7 Å². The van der Waals surface area contributed by atoms with E-state index in [9.17, 15) is 4.79 Å². The molecule has 3 aromatic rings. The molecule has 0 spiro atoms. The Balaban J connectivity index is 2.16. The van der Waals surface area contributed by atoms with Crippen LogP contribution < -0.4 is 0 Å². The molecule has 0 aliphatic carbocycles. The molecule has 0 saturated heterocycles. The van der Waals surface area contributed by atoms with Gasteiger partial charge in [0.2, 0.25) is 0 Å². The van der Waals surface area contributed by atoms with E-state index in [1.807, 2.05) is 36.4 Å². The lowest BCUT2D eigenvalue weighted by atomic mass is 10.1. The van der Waals surface area contributed by atoms with Crippen LogP contribution in [0.2, 0.25) is 0 Å². The van der Waals surface area contributed by atoms with Crippen molar-refractivity contribution in [2.75, 3.05) is 0 Å². The van der Waals surface area contributed by atoms with E-state index in [1.54, 1.807) is 13.8 Å². The number of rotatable bonds is 2. The van der Waals surface area contributed by atoms with Crippen molar-refractivity contribution in [3.63, 3.8) is 0 Å². The molecule has 2 aromatic heterocycles. The molecule has 0 saturated carbocycles. The number of nitrogens with zero attached hydrogens (tertiary/aromatic N) is 3. The van der Waals surface area contributed by atoms with Gasteiger partial charge in [0, 0.05) is 5.39 Å². The lowest BCUT2D eigenvalue weighted by Gasteiger charge is -2.07. The second-order valence-electron chi connectivity index (χ2n) is 4.79. The maximum Gasteiger partial charge on any atom is 0.339 e. The summed E-state index contributed by atoms with van der Waals surface area (Å²) in [4.78, 5) is 24.3. The average Bonchev–Trinajstić information content (AvgIpc) is 2.45. The Hall–Kier alpha value is -2.82. The molecule has 0 atom stereocenters. The molecular formula is C16H13N3O2. The van der Waals surface area contributed by atoms with Crippen molar-refractivity contribution in [1.82, 2.24) is 15.0 Å². The Labute approximate surface area is 121 Å². The number of para-hydroxylation sites is 1. The second kappa shape index (κ2) is 4.94. The highest BCUT2D eigenvalue weighted by molar-refractivity contribution is 5.90. The molecular weight excluding hydrogens is 266 g/mol. The maximum absolute atomic E-state index is 11.2. The fraction of sp³-hybridized carbons (Fsp3) is 0.125. The third kappa shape index (κ3) is 2.33. The van der Waals surface area contributed by atoms with E-state index in [1.165, 1.54) is 0 Å². The summed E-state index contributed by atoms with van der Waals surface area (Å²) in [5.41, 5.74) is 2.53. The van der Waals surface area contributed by atoms with E-state index in [0.29, 0.717) is 22.9 Å². The van der Waals surface area contributed by atoms with Gasteiger partial charge in [-0.05, 0) is 26.0 Å². The summed E-state index contributed by atoms with van der Waals surface area (Å²) in [7, 11) is 0. The Morgan fingerprint density at radius 3 is 2.29 bits per heavy atom. The predicted molar refractivity (Wildman–Crippen MR) is 79.2 cm³/mol. The molecule has 1 N–H and O–H groups in total. The van der Waals surface area contributed by atoms with Crippen molar-refractivity contribution < 1.29 is 9.90 Å². The zero-order valence-electron chi connectivity index (χ0n) is 11.7. The van der Waals surface area contributed by atoms with E-state index < -0.39 is 5.97 Å². The largest absolute Gasteiger partial charge is 0.478 e. The molecule has 5 heteroatoms. The number of benzene rings is 1. The van der Waals surface area contributed by atoms with E-state index in [2.05, 4.69) is 15.0 Å². The van der Waals surface area contributed by atoms with Crippen molar-refractivity contribution in [2.45, 2.75) is 13.8 Å². The minimum atomic E-state index is -1.01. The van der Waals surface area contributed by atoms with Crippen molar-refractivity contribution in [1.29, 1.82) is 0 Å². The highest BCUT2D eigenvalue weighted by Crippen LogP contribution is 2.20. The molecule has 0 fully saturated rings. The lowest BCUT2D eigenvalue weighted by molar-refractivity contribution is 0.0694. The standard InChI is InChI=1S/C16H13N3O2/c1-9-14(16(20)21)10(2)18-15(17-9)13-8-7-11-5-3-4-6-12(11)19-13/h3-8H,1-2H3,(H,20,21). The molecule has 21 heavy (non-hydrogen) atoms. The van der Waals surface area contributed by atoms with Crippen LogP contribution in [0.5, 0.6) is 0 Å². The molecule has 2 heterocycles. The van der Waals surface area contributed by atoms with Crippen molar-refractivity contribution >= 4 is 16.9 Å². The summed E-state index contributed by atoms with van der Waals surface area (Å²) in [5.74, 6) is -0.566. The molecule has 1 aromatic carbocycles. The van der Waals surface area contributed by atoms with Crippen LogP contribution in [0.25, 0.3) is 22.4 Å². The number of pyridine rings is 1. The molecule has 0 amide bonds. The first kappa shape index (κ1) is 13.2. The monoisotopic (exact) mass is 279 g/mol. The number of aryl methyl sites for hydroxylation is 2. The molecule has 3 rings (SSSR count). The minimum absolute atomic E-state index is 0.152. The van der Waals surface area contributed by atoms with Gasteiger partial charge in [0.05, 0.1) is 16.9 Å². The fourth-order valence-electron chi connectivity index (χ4n) is 2.33. The number of carboxylic acids is 1. The Bertz CT molecular complexity index is 836. The van der Waals surface area contributed by atoms with Crippen molar-refractivity contribution in [3.8, 4) is 11.5 Å². The Kier molecular flexibility index (Phi) is 3.10. The van der Waals surface area contributed by atoms with Crippen LogP contribution in [-0.4, -0.2) is 26.0 Å². The first-order valence-electron chi connectivity index (χ1n) is 6.51. The van der Waals surface area contributed by atoms with Crippen LogP contribution >= 0.6 is 0 Å². The zero-order chi connectivity index (χ0) is 15.0. The quantitative estimate of drug-likeness (QED) is 0.780. The summed E-state index contributed by atoms with van der Waals surface area (Å²) in [5, 5.41) is 10.2. The summed E-state index contributed by atoms with van der Waals surface area (Å²) >= 11 is 0. The number of carboxylic acid groups (broad SMARTS) is 1. The molecule has 0 unspecified atom stereocenters. The molecule has 5 nitrogen and oxygen atoms in total. The topological polar surface area (TPSA) is 76.0 Å². The minimum Gasteiger partial charge on any atom is -0.478 e. The zero-order valence-corrected chi connectivity index (χ0v) is 11.7. The van der Waals surface area contributed by atoms with Gasteiger partial charge in [-0.2, -0.15) is 0 Å². The van der Waals surface area contributed by atoms with Gasteiger partial charge < -0.3 is 5.11 Å². The van der Waals surface area contributed by atoms with Gasteiger partial charge >= 0.3 is 5.97 Å². The van der Waals surface area contributed by atoms with Gasteiger partial charge in [-0.25, -0.2) is 19.7 Å². The molecule has 0 aliphatic rings. The summed E-state index contributed by atoms with van der Waals surface area (Å²) in [6.07, 6.45) is 0. The van der Waals surface area contributed by atoms with Crippen LogP contribution in [0.15, 0.2) is 36.4 Å². The first-order valence-corrected chi connectivity index (χ1v) is 6.51. The number of hydrogen-bond donors (Lipinski definition) is 1. The van der Waals surface area contributed by atoms with E-state index in [-0.39, 0.29) is 5.56 Å². The van der Waals surface area contributed by atoms with Gasteiger partial charge in [0.1, 0.15) is 11.3 Å². The fourth-order valence-corrected chi connectivity index (χ4v) is 2.33. The molecule has 0 aliphatic heterocycles. The van der Waals surface area contributed by atoms with E-state index in [4.69, 9.17) is 5.11 Å². The molecule has 0 radical (unpaired) electrons. The van der Waals surface area contributed by atoms with Gasteiger partial charge in [-0.1, -0.05) is 24.3 Å². The number of aromatic nitrogens is 3. The van der Waals surface area contributed by atoms with Gasteiger partial charge in [-0.3, -0.25) is 0 Å². The number of hydrogen-bond acceptors (Lipinski definition) is 4. The third-order valence-electron chi connectivity index (χ3n) is 3.31. The summed E-state index contributed by atoms with van der Waals surface area (Å²) in [6.45, 7) is 3.34. The van der Waals surface area contributed by atoms with E-state index in [0.717, 1.165) is 10.9 Å². The van der Waals surface area contributed by atoms with Crippen LogP contribution in [0.3, 0.4) is 0 Å². The van der Waals surface area contributed by atoms with Crippen LogP contribution in [0, 0.1) is 13.8 Å². The summed E-state index contributed by atoms with van der Waals surface area (Å²) < 4.78 is 0. The van der Waals surface area contributed by atoms with Crippen molar-refractivity contribution in [3.05, 3.63) is 53.3 Å². The Morgan fingerprint density at radius 1 is 0.952 bits per heavy atom. The second-order valence-corrected chi connectivity index (χ2v) is 4.79. The third-order valence-corrected chi connectivity index (χ3v) is 3.31. The van der Waals surface area contributed by atoms with Crippen LogP contribution in [0.4, 0.5) is 0 Å². The van der Waals surface area contributed by atoms with Gasteiger partial charge in [0.15, 0.2) is 5.82 Å². The SMILES string of the molecule is Cc1nc(-c2ccc3ccccc3n2)nc(C)c1C(=O)O. The highest BCUT2D eigenvalue weighted by Gasteiger charge is 2.16. The first-order chi connectivity index (χ1) is 10.1.